The summed E-state index contributed by atoms with van der Waals surface area (Å²) < 4.78 is 13.5. The van der Waals surface area contributed by atoms with E-state index in [0.29, 0.717) is 6.42 Å². The van der Waals surface area contributed by atoms with Gasteiger partial charge in [0.05, 0.1) is 10.7 Å². The molecule has 1 aliphatic carbocycles. The summed E-state index contributed by atoms with van der Waals surface area (Å²) in [6.07, 6.45) is 18.4. The highest BCUT2D eigenvalue weighted by molar-refractivity contribution is 7.12. The van der Waals surface area contributed by atoms with Crippen molar-refractivity contribution in [3.8, 4) is 12.3 Å². The van der Waals surface area contributed by atoms with Crippen molar-refractivity contribution in [3.63, 3.8) is 0 Å². The number of ketones is 1. The Morgan fingerprint density at radius 3 is 2.92 bits per heavy atom. The molecular formula is C21H21FOS. The van der Waals surface area contributed by atoms with Crippen molar-refractivity contribution in [3.05, 3.63) is 69.7 Å². The highest BCUT2D eigenvalue weighted by Crippen LogP contribution is 2.28. The van der Waals surface area contributed by atoms with Crippen molar-refractivity contribution < 1.29 is 9.18 Å². The Bertz CT molecular complexity index is 712. The molecular weight excluding hydrogens is 319 g/mol. The molecule has 3 heteroatoms. The lowest BCUT2D eigenvalue weighted by atomic mass is 9.90. The molecule has 1 nitrogen and oxygen atoms in total. The van der Waals surface area contributed by atoms with E-state index < -0.39 is 0 Å². The van der Waals surface area contributed by atoms with Crippen LogP contribution in [0.2, 0.25) is 0 Å². The summed E-state index contributed by atoms with van der Waals surface area (Å²) in [5.74, 6) is 2.27. The van der Waals surface area contributed by atoms with E-state index in [9.17, 15) is 9.18 Å². The number of thiophene rings is 1. The maximum atomic E-state index is 13.5. The molecule has 0 aromatic carbocycles. The van der Waals surface area contributed by atoms with Crippen molar-refractivity contribution in [2.24, 2.45) is 0 Å². The van der Waals surface area contributed by atoms with Gasteiger partial charge in [-0.3, -0.25) is 4.79 Å². The number of carbonyl (C=O) groups is 1. The minimum Gasteiger partial charge on any atom is -0.288 e. The summed E-state index contributed by atoms with van der Waals surface area (Å²) in [6.45, 7) is 0. The van der Waals surface area contributed by atoms with Gasteiger partial charge in [0.2, 0.25) is 5.78 Å². The van der Waals surface area contributed by atoms with Gasteiger partial charge in [-0.1, -0.05) is 30.2 Å². The molecule has 1 aromatic heterocycles. The van der Waals surface area contributed by atoms with Gasteiger partial charge in [-0.2, -0.15) is 0 Å². The van der Waals surface area contributed by atoms with Crippen LogP contribution in [0.25, 0.3) is 0 Å². The molecule has 0 atom stereocenters. The Morgan fingerprint density at radius 1 is 1.33 bits per heavy atom. The van der Waals surface area contributed by atoms with Crippen LogP contribution in [0, 0.1) is 12.3 Å². The number of terminal acetylenes is 1. The summed E-state index contributed by atoms with van der Waals surface area (Å²) in [5, 5.41) is 1.92. The van der Waals surface area contributed by atoms with Crippen LogP contribution in [0.4, 0.5) is 4.39 Å². The molecule has 2 rings (SSSR count). The van der Waals surface area contributed by atoms with Crippen LogP contribution in [0.15, 0.2) is 64.9 Å². The number of carbonyl (C=O) groups excluding carboxylic acids is 1. The molecule has 124 valence electrons. The molecule has 1 aromatic rings. The topological polar surface area (TPSA) is 17.1 Å². The lowest BCUT2D eigenvalue weighted by molar-refractivity contribution is 0.103. The molecule has 1 heterocycles. The smallest absolute Gasteiger partial charge is 0.202 e. The second-order valence-corrected chi connectivity index (χ2v) is 6.53. The average molecular weight is 340 g/mol. The standard InChI is InChI=1S/C21H21FOS/c1-2-3-4-12-18(22)13-7-5-10-17-11-6-8-14-19(17)21(23)20-15-9-16-24-20/h1,3-4,9,11-12,14-16H,5-8,10,13H2/b4-3-,18-12+. The lowest BCUT2D eigenvalue weighted by Crippen LogP contribution is -2.07. The van der Waals surface area contributed by atoms with Gasteiger partial charge < -0.3 is 0 Å². The van der Waals surface area contributed by atoms with E-state index in [1.807, 2.05) is 23.6 Å². The lowest BCUT2D eigenvalue weighted by Gasteiger charge is -2.15. The number of halogens is 1. The van der Waals surface area contributed by atoms with Crippen LogP contribution in [-0.2, 0) is 0 Å². The van der Waals surface area contributed by atoms with E-state index in [2.05, 4.69) is 12.0 Å². The van der Waals surface area contributed by atoms with Crippen LogP contribution < -0.4 is 0 Å². The first-order chi connectivity index (χ1) is 11.7. The summed E-state index contributed by atoms with van der Waals surface area (Å²) in [6, 6.07) is 3.76. The third-order valence-electron chi connectivity index (χ3n) is 3.82. The number of hydrogen-bond acceptors (Lipinski definition) is 2. The first-order valence-corrected chi connectivity index (χ1v) is 9.05. The zero-order valence-electron chi connectivity index (χ0n) is 13.6. The molecule has 0 spiro atoms. The van der Waals surface area contributed by atoms with Crippen LogP contribution in [0.5, 0.6) is 0 Å². The first kappa shape index (κ1) is 18.2. The third kappa shape index (κ3) is 5.47. The number of hydrogen-bond donors (Lipinski definition) is 0. The summed E-state index contributed by atoms with van der Waals surface area (Å²) in [4.78, 5) is 13.3. The second-order valence-electron chi connectivity index (χ2n) is 5.58. The summed E-state index contributed by atoms with van der Waals surface area (Å²) >= 11 is 1.47. The van der Waals surface area contributed by atoms with Gasteiger partial charge in [0, 0.05) is 5.57 Å². The van der Waals surface area contributed by atoms with Crippen molar-refractivity contribution in [1.82, 2.24) is 0 Å². The van der Waals surface area contributed by atoms with E-state index in [-0.39, 0.29) is 11.6 Å². The van der Waals surface area contributed by atoms with Crippen molar-refractivity contribution in [2.45, 2.75) is 38.5 Å². The van der Waals surface area contributed by atoms with Crippen LogP contribution >= 0.6 is 11.3 Å². The van der Waals surface area contributed by atoms with Crippen LogP contribution in [0.3, 0.4) is 0 Å². The molecule has 0 amide bonds. The van der Waals surface area contributed by atoms with Gasteiger partial charge >= 0.3 is 0 Å². The van der Waals surface area contributed by atoms with Gasteiger partial charge in [-0.15, -0.1) is 17.8 Å². The molecule has 0 unspecified atom stereocenters. The number of rotatable bonds is 8. The van der Waals surface area contributed by atoms with E-state index >= 15 is 0 Å². The molecule has 0 bridgehead atoms. The highest BCUT2D eigenvalue weighted by atomic mass is 32.1. The Morgan fingerprint density at radius 2 is 2.17 bits per heavy atom. The number of Topliss-reactive ketones (excluding diaryl/α,β-unsaturated/α-hetero) is 1. The van der Waals surface area contributed by atoms with Gasteiger partial charge in [0.25, 0.3) is 0 Å². The van der Waals surface area contributed by atoms with Crippen LogP contribution in [0.1, 0.15) is 48.2 Å². The Labute approximate surface area is 147 Å². The molecule has 0 fully saturated rings. The number of allylic oxidation sites excluding steroid dienone is 8. The van der Waals surface area contributed by atoms with Crippen LogP contribution in [-0.4, -0.2) is 5.78 Å². The van der Waals surface area contributed by atoms with E-state index in [1.165, 1.54) is 23.5 Å². The molecule has 0 saturated heterocycles. The zero-order valence-corrected chi connectivity index (χ0v) is 14.4. The second kappa shape index (κ2) is 9.85. The molecule has 0 radical (unpaired) electrons. The average Bonchev–Trinajstić information content (AvgIpc) is 3.13. The Balaban J connectivity index is 1.85. The fourth-order valence-corrected chi connectivity index (χ4v) is 3.32. The van der Waals surface area contributed by atoms with Gasteiger partial charge in [-0.05, 0) is 67.7 Å². The minimum atomic E-state index is -0.162. The fraction of sp³-hybridized carbons (Fsp3) is 0.286. The molecule has 0 N–H and O–H groups in total. The monoisotopic (exact) mass is 340 g/mol. The fourth-order valence-electron chi connectivity index (χ4n) is 2.64. The Kier molecular flexibility index (Phi) is 7.45. The molecule has 0 aliphatic heterocycles. The zero-order chi connectivity index (χ0) is 17.2. The maximum Gasteiger partial charge on any atom is 0.202 e. The van der Waals surface area contributed by atoms with E-state index in [0.717, 1.165) is 48.1 Å². The van der Waals surface area contributed by atoms with Crippen molar-refractivity contribution >= 4 is 17.1 Å². The van der Waals surface area contributed by atoms with Gasteiger partial charge in [0.15, 0.2) is 0 Å². The predicted octanol–water partition coefficient (Wildman–Crippen LogP) is 6.18. The normalized spacial score (nSPS) is 15.1. The largest absolute Gasteiger partial charge is 0.288 e. The maximum absolute atomic E-state index is 13.5. The third-order valence-corrected chi connectivity index (χ3v) is 4.69. The first-order valence-electron chi connectivity index (χ1n) is 8.17. The Hall–Kier alpha value is -2.18. The SMILES string of the molecule is C#C/C=C\C=C(\F)CCCCC1=CCCC=C1C(=O)c1cccs1. The van der Waals surface area contributed by atoms with Gasteiger partial charge in [-0.25, -0.2) is 4.39 Å². The van der Waals surface area contributed by atoms with E-state index in [1.54, 1.807) is 6.08 Å². The minimum absolute atomic E-state index is 0.112. The van der Waals surface area contributed by atoms with Gasteiger partial charge in [0.1, 0.15) is 0 Å². The molecule has 24 heavy (non-hydrogen) atoms. The van der Waals surface area contributed by atoms with Crippen molar-refractivity contribution in [2.75, 3.05) is 0 Å². The van der Waals surface area contributed by atoms with E-state index in [4.69, 9.17) is 6.42 Å². The summed E-state index contributed by atoms with van der Waals surface area (Å²) in [5.41, 5.74) is 1.94. The number of unbranched alkanes of at least 4 members (excludes halogenated alkanes) is 1. The highest BCUT2D eigenvalue weighted by Gasteiger charge is 2.18. The summed E-state index contributed by atoms with van der Waals surface area (Å²) in [7, 11) is 0. The van der Waals surface area contributed by atoms with Crippen molar-refractivity contribution in [1.29, 1.82) is 0 Å². The molecule has 0 saturated carbocycles. The quantitative estimate of drug-likeness (QED) is 0.239. The molecule has 1 aliphatic rings. The predicted molar refractivity (Wildman–Crippen MR) is 99.7 cm³/mol.